The summed E-state index contributed by atoms with van der Waals surface area (Å²) in [5.74, 6) is -1.15. The van der Waals surface area contributed by atoms with Gasteiger partial charge in [0.05, 0.1) is 6.04 Å². The second kappa shape index (κ2) is 5.20. The molecule has 5 heteroatoms. The molecule has 1 atom stereocenters. The van der Waals surface area contributed by atoms with E-state index in [0.29, 0.717) is 10.4 Å². The molecule has 2 rings (SSSR count). The fraction of sp³-hybridized carbons (Fsp3) is 0.231. The third-order valence-electron chi connectivity index (χ3n) is 2.78. The summed E-state index contributed by atoms with van der Waals surface area (Å²) in [6.45, 7) is 1.53. The lowest BCUT2D eigenvalue weighted by atomic mass is 10.0. The van der Waals surface area contributed by atoms with Crippen LogP contribution in [0.2, 0.25) is 0 Å². The number of nitrogens with one attached hydrogen (secondary N) is 1. The standard InChI is InChI=1S/C13H12BrF2NO/c1-7-3-4-8(12(16)11(7)15)13(17-2)9-5-6-10(14)18-9/h3-6,13,17H,1-2H3. The van der Waals surface area contributed by atoms with Crippen LogP contribution in [0.25, 0.3) is 0 Å². The summed E-state index contributed by atoms with van der Waals surface area (Å²) in [7, 11) is 1.66. The first-order valence-corrected chi connectivity index (χ1v) is 6.21. The topological polar surface area (TPSA) is 25.2 Å². The van der Waals surface area contributed by atoms with Crippen molar-refractivity contribution in [2.75, 3.05) is 7.05 Å². The Hall–Kier alpha value is -1.20. The minimum atomic E-state index is -0.845. The highest BCUT2D eigenvalue weighted by Gasteiger charge is 2.22. The number of benzene rings is 1. The zero-order chi connectivity index (χ0) is 13.3. The lowest BCUT2D eigenvalue weighted by Gasteiger charge is -2.15. The Morgan fingerprint density at radius 1 is 1.17 bits per heavy atom. The molecule has 0 saturated carbocycles. The van der Waals surface area contributed by atoms with Gasteiger partial charge < -0.3 is 9.73 Å². The maximum absolute atomic E-state index is 13.9. The van der Waals surface area contributed by atoms with Gasteiger partial charge >= 0.3 is 0 Å². The summed E-state index contributed by atoms with van der Waals surface area (Å²) in [6.07, 6.45) is 0. The summed E-state index contributed by atoms with van der Waals surface area (Å²) in [5.41, 5.74) is 0.508. The summed E-state index contributed by atoms with van der Waals surface area (Å²) < 4.78 is 33.4. The second-order valence-corrected chi connectivity index (χ2v) is 4.74. The van der Waals surface area contributed by atoms with Crippen molar-refractivity contribution in [3.63, 3.8) is 0 Å². The van der Waals surface area contributed by atoms with Crippen LogP contribution in [-0.4, -0.2) is 7.05 Å². The van der Waals surface area contributed by atoms with Crippen LogP contribution in [0.3, 0.4) is 0 Å². The molecule has 0 fully saturated rings. The van der Waals surface area contributed by atoms with E-state index in [-0.39, 0.29) is 11.1 Å². The molecule has 0 radical (unpaired) electrons. The molecule has 0 amide bonds. The molecule has 1 unspecified atom stereocenters. The molecular formula is C13H12BrF2NO. The third-order valence-corrected chi connectivity index (χ3v) is 3.21. The van der Waals surface area contributed by atoms with Crippen LogP contribution >= 0.6 is 15.9 Å². The van der Waals surface area contributed by atoms with Crippen molar-refractivity contribution in [2.24, 2.45) is 0 Å². The van der Waals surface area contributed by atoms with Crippen LogP contribution < -0.4 is 5.32 Å². The Morgan fingerprint density at radius 3 is 2.44 bits per heavy atom. The van der Waals surface area contributed by atoms with Crippen molar-refractivity contribution < 1.29 is 13.2 Å². The first-order valence-electron chi connectivity index (χ1n) is 5.41. The van der Waals surface area contributed by atoms with Gasteiger partial charge in [-0.25, -0.2) is 8.78 Å². The first-order chi connectivity index (χ1) is 8.54. The maximum Gasteiger partial charge on any atom is 0.169 e. The molecule has 96 valence electrons. The lowest BCUT2D eigenvalue weighted by Crippen LogP contribution is -2.19. The summed E-state index contributed by atoms with van der Waals surface area (Å²) in [5, 5.41) is 2.91. The molecule has 0 spiro atoms. The van der Waals surface area contributed by atoms with E-state index in [0.717, 1.165) is 0 Å². The van der Waals surface area contributed by atoms with Crippen LogP contribution in [0.4, 0.5) is 8.78 Å². The lowest BCUT2D eigenvalue weighted by molar-refractivity contribution is 0.428. The molecule has 0 saturated heterocycles. The van der Waals surface area contributed by atoms with E-state index in [1.807, 2.05) is 0 Å². The summed E-state index contributed by atoms with van der Waals surface area (Å²) in [4.78, 5) is 0. The van der Waals surface area contributed by atoms with Gasteiger partial charge in [-0.3, -0.25) is 0 Å². The van der Waals surface area contributed by atoms with Crippen LogP contribution in [-0.2, 0) is 0 Å². The Kier molecular flexibility index (Phi) is 3.82. The van der Waals surface area contributed by atoms with Gasteiger partial charge in [-0.2, -0.15) is 0 Å². The molecule has 0 aliphatic carbocycles. The fourth-order valence-electron chi connectivity index (χ4n) is 1.82. The maximum atomic E-state index is 13.9. The van der Waals surface area contributed by atoms with E-state index < -0.39 is 17.7 Å². The third kappa shape index (κ3) is 2.33. The summed E-state index contributed by atoms with van der Waals surface area (Å²) >= 11 is 3.18. The Labute approximate surface area is 112 Å². The minimum absolute atomic E-state index is 0.224. The predicted molar refractivity (Wildman–Crippen MR) is 68.4 cm³/mol. The number of aryl methyl sites for hydroxylation is 1. The van der Waals surface area contributed by atoms with Crippen molar-refractivity contribution in [1.82, 2.24) is 5.32 Å². The predicted octanol–water partition coefficient (Wildman–Crippen LogP) is 3.94. The monoisotopic (exact) mass is 315 g/mol. The molecule has 2 aromatic rings. The number of hydrogen-bond donors (Lipinski definition) is 1. The van der Waals surface area contributed by atoms with Crippen LogP contribution in [0, 0.1) is 18.6 Å². The normalized spacial score (nSPS) is 12.7. The number of hydrogen-bond acceptors (Lipinski definition) is 2. The zero-order valence-electron chi connectivity index (χ0n) is 9.93. The van der Waals surface area contributed by atoms with Gasteiger partial charge in [-0.05, 0) is 47.6 Å². The molecule has 0 aliphatic heterocycles. The van der Waals surface area contributed by atoms with Crippen molar-refractivity contribution >= 4 is 15.9 Å². The molecule has 0 aliphatic rings. The number of halogens is 3. The van der Waals surface area contributed by atoms with E-state index in [4.69, 9.17) is 4.42 Å². The van der Waals surface area contributed by atoms with E-state index in [2.05, 4.69) is 21.2 Å². The highest BCUT2D eigenvalue weighted by Crippen LogP contribution is 2.29. The molecular weight excluding hydrogens is 304 g/mol. The Morgan fingerprint density at radius 2 is 1.89 bits per heavy atom. The van der Waals surface area contributed by atoms with Gasteiger partial charge in [0.2, 0.25) is 0 Å². The molecule has 1 aromatic carbocycles. The van der Waals surface area contributed by atoms with Crippen molar-refractivity contribution in [3.8, 4) is 0 Å². The Bertz CT molecular complexity index is 568. The van der Waals surface area contributed by atoms with Gasteiger partial charge in [0.15, 0.2) is 16.3 Å². The average Bonchev–Trinajstić information content (AvgIpc) is 2.77. The molecule has 0 bridgehead atoms. The molecule has 1 N–H and O–H groups in total. The van der Waals surface area contributed by atoms with E-state index in [1.54, 1.807) is 31.3 Å². The van der Waals surface area contributed by atoms with E-state index in [1.165, 1.54) is 6.92 Å². The van der Waals surface area contributed by atoms with Crippen molar-refractivity contribution in [2.45, 2.75) is 13.0 Å². The molecule has 1 heterocycles. The van der Waals surface area contributed by atoms with Crippen LogP contribution in [0.5, 0.6) is 0 Å². The highest BCUT2D eigenvalue weighted by molar-refractivity contribution is 9.10. The second-order valence-electron chi connectivity index (χ2n) is 3.96. The van der Waals surface area contributed by atoms with Crippen LogP contribution in [0.1, 0.15) is 22.9 Å². The number of rotatable bonds is 3. The fourth-order valence-corrected chi connectivity index (χ4v) is 2.14. The van der Waals surface area contributed by atoms with Gasteiger partial charge in [-0.1, -0.05) is 12.1 Å². The highest BCUT2D eigenvalue weighted by atomic mass is 79.9. The molecule has 1 aromatic heterocycles. The molecule has 2 nitrogen and oxygen atoms in total. The minimum Gasteiger partial charge on any atom is -0.452 e. The van der Waals surface area contributed by atoms with Gasteiger partial charge in [-0.15, -0.1) is 0 Å². The smallest absolute Gasteiger partial charge is 0.169 e. The zero-order valence-corrected chi connectivity index (χ0v) is 11.5. The largest absolute Gasteiger partial charge is 0.452 e. The van der Waals surface area contributed by atoms with Crippen molar-refractivity contribution in [1.29, 1.82) is 0 Å². The quantitative estimate of drug-likeness (QED) is 0.928. The first kappa shape index (κ1) is 13.2. The van der Waals surface area contributed by atoms with Crippen molar-refractivity contribution in [3.05, 3.63) is 57.5 Å². The van der Waals surface area contributed by atoms with Gasteiger partial charge in [0.25, 0.3) is 0 Å². The number of furan rings is 1. The van der Waals surface area contributed by atoms with Gasteiger partial charge in [0, 0.05) is 5.56 Å². The van der Waals surface area contributed by atoms with Gasteiger partial charge in [0.1, 0.15) is 5.76 Å². The SMILES string of the molecule is CNC(c1ccc(Br)o1)c1ccc(C)c(F)c1F. The van der Waals surface area contributed by atoms with E-state index in [9.17, 15) is 8.78 Å². The Balaban J connectivity index is 2.49. The summed E-state index contributed by atoms with van der Waals surface area (Å²) in [6, 6.07) is 6.01. The average molecular weight is 316 g/mol. The molecule has 18 heavy (non-hydrogen) atoms. The van der Waals surface area contributed by atoms with E-state index >= 15 is 0 Å². The van der Waals surface area contributed by atoms with Crippen LogP contribution in [0.15, 0.2) is 33.4 Å².